The summed E-state index contributed by atoms with van der Waals surface area (Å²) in [5, 5.41) is 13.0. The van der Waals surface area contributed by atoms with Gasteiger partial charge in [-0.2, -0.15) is 0 Å². The Morgan fingerprint density at radius 3 is 2.63 bits per heavy atom. The highest BCUT2D eigenvalue weighted by Gasteiger charge is 2.22. The molecule has 0 amide bonds. The second kappa shape index (κ2) is 8.20. The van der Waals surface area contributed by atoms with Crippen molar-refractivity contribution in [2.75, 3.05) is 46.4 Å². The first-order valence-corrected chi connectivity index (χ1v) is 8.06. The smallest absolute Gasteiger partial charge is 0.0586 e. The monoisotopic (exact) mass is 269 g/mol. The van der Waals surface area contributed by atoms with Gasteiger partial charge in [-0.15, -0.1) is 0 Å². The molecule has 2 fully saturated rings. The maximum atomic E-state index is 9.27. The predicted octanol–water partition coefficient (Wildman–Crippen LogP) is 0.907. The van der Waals surface area contributed by atoms with Crippen LogP contribution in [0.15, 0.2) is 0 Å². The lowest BCUT2D eigenvalue weighted by Crippen LogP contribution is -2.41. The van der Waals surface area contributed by atoms with E-state index < -0.39 is 0 Å². The van der Waals surface area contributed by atoms with Crippen molar-refractivity contribution in [2.45, 2.75) is 50.6 Å². The van der Waals surface area contributed by atoms with Crippen molar-refractivity contribution in [1.29, 1.82) is 0 Å². The first-order chi connectivity index (χ1) is 9.29. The zero-order valence-electron chi connectivity index (χ0n) is 12.5. The van der Waals surface area contributed by atoms with Gasteiger partial charge in [0.05, 0.1) is 6.61 Å². The molecule has 0 aromatic heterocycles. The highest BCUT2D eigenvalue weighted by Crippen LogP contribution is 2.17. The van der Waals surface area contributed by atoms with Crippen LogP contribution in [0.3, 0.4) is 0 Å². The van der Waals surface area contributed by atoms with Gasteiger partial charge in [-0.05, 0) is 78.3 Å². The molecule has 0 radical (unpaired) electrons. The number of aliphatic hydroxyl groups is 1. The summed E-state index contributed by atoms with van der Waals surface area (Å²) in [5.74, 6) is 0. The maximum Gasteiger partial charge on any atom is 0.0586 e. The summed E-state index contributed by atoms with van der Waals surface area (Å²) in [6.45, 7) is 6.33. The number of likely N-dealkylation sites (tertiary alicyclic amines) is 2. The third-order valence-electron chi connectivity index (χ3n) is 4.73. The fraction of sp³-hybridized carbons (Fsp3) is 1.00. The van der Waals surface area contributed by atoms with E-state index in [9.17, 15) is 5.11 Å². The van der Waals surface area contributed by atoms with E-state index in [0.717, 1.165) is 12.6 Å². The van der Waals surface area contributed by atoms with Gasteiger partial charge in [-0.25, -0.2) is 0 Å². The highest BCUT2D eigenvalue weighted by atomic mass is 16.3. The molecule has 4 heteroatoms. The molecule has 1 unspecified atom stereocenters. The minimum atomic E-state index is 0.341. The molecule has 4 nitrogen and oxygen atoms in total. The fourth-order valence-electron chi connectivity index (χ4n) is 3.36. The van der Waals surface area contributed by atoms with E-state index in [1.807, 2.05) is 0 Å². The Bertz CT molecular complexity index is 242. The van der Waals surface area contributed by atoms with E-state index in [1.165, 1.54) is 64.7 Å². The van der Waals surface area contributed by atoms with Crippen LogP contribution in [-0.4, -0.2) is 73.4 Å². The molecule has 2 N–H and O–H groups in total. The Hall–Kier alpha value is -0.160. The van der Waals surface area contributed by atoms with Crippen LogP contribution in [0.1, 0.15) is 38.5 Å². The molecule has 0 aliphatic carbocycles. The molecule has 2 saturated heterocycles. The van der Waals surface area contributed by atoms with Crippen LogP contribution in [0.4, 0.5) is 0 Å². The number of nitrogens with zero attached hydrogens (tertiary/aromatic N) is 2. The Morgan fingerprint density at radius 1 is 1.11 bits per heavy atom. The van der Waals surface area contributed by atoms with Crippen LogP contribution in [0.25, 0.3) is 0 Å². The Morgan fingerprint density at radius 2 is 1.89 bits per heavy atom. The standard InChI is InChI=1S/C15H31N3O/c1-17-11-6-14(7-12-17)16-8-2-3-9-18-10-4-5-15(18)13-19/h14-16,19H,2-13H2,1H3. The maximum absolute atomic E-state index is 9.27. The molecule has 2 heterocycles. The molecule has 2 rings (SSSR count). The van der Waals surface area contributed by atoms with Gasteiger partial charge in [-0.1, -0.05) is 0 Å². The largest absolute Gasteiger partial charge is 0.395 e. The van der Waals surface area contributed by atoms with Crippen molar-refractivity contribution in [1.82, 2.24) is 15.1 Å². The van der Waals surface area contributed by atoms with Crippen LogP contribution in [0, 0.1) is 0 Å². The number of piperidine rings is 1. The van der Waals surface area contributed by atoms with Crippen LogP contribution in [0.5, 0.6) is 0 Å². The highest BCUT2D eigenvalue weighted by molar-refractivity contribution is 4.78. The second-order valence-electron chi connectivity index (χ2n) is 6.25. The SMILES string of the molecule is CN1CCC(NCCCCN2CCCC2CO)CC1. The topological polar surface area (TPSA) is 38.7 Å². The molecule has 0 aromatic carbocycles. The Kier molecular flexibility index (Phi) is 6.57. The lowest BCUT2D eigenvalue weighted by molar-refractivity contribution is 0.157. The van der Waals surface area contributed by atoms with Gasteiger partial charge in [0.15, 0.2) is 0 Å². The minimum absolute atomic E-state index is 0.341. The molecule has 0 saturated carbocycles. The van der Waals surface area contributed by atoms with Crippen LogP contribution < -0.4 is 5.32 Å². The number of nitrogens with one attached hydrogen (secondary N) is 1. The summed E-state index contributed by atoms with van der Waals surface area (Å²) in [6, 6.07) is 1.19. The number of hydrogen-bond donors (Lipinski definition) is 2. The van der Waals surface area contributed by atoms with Crippen LogP contribution in [0.2, 0.25) is 0 Å². The molecule has 0 spiro atoms. The number of rotatable bonds is 7. The molecule has 2 aliphatic heterocycles. The lowest BCUT2D eigenvalue weighted by Gasteiger charge is -2.29. The van der Waals surface area contributed by atoms with Crippen molar-refractivity contribution < 1.29 is 5.11 Å². The molecule has 112 valence electrons. The molecule has 2 aliphatic rings. The van der Waals surface area contributed by atoms with E-state index >= 15 is 0 Å². The molecule has 19 heavy (non-hydrogen) atoms. The van der Waals surface area contributed by atoms with E-state index in [2.05, 4.69) is 22.2 Å². The Balaban J connectivity index is 1.48. The van der Waals surface area contributed by atoms with Gasteiger partial charge in [0.2, 0.25) is 0 Å². The van der Waals surface area contributed by atoms with Gasteiger partial charge in [0, 0.05) is 12.1 Å². The molecule has 1 atom stereocenters. The zero-order chi connectivity index (χ0) is 13.5. The summed E-state index contributed by atoms with van der Waals surface area (Å²) in [6.07, 6.45) is 7.57. The van der Waals surface area contributed by atoms with Crippen molar-refractivity contribution in [3.05, 3.63) is 0 Å². The number of aliphatic hydroxyl groups excluding tert-OH is 1. The second-order valence-corrected chi connectivity index (χ2v) is 6.25. The first kappa shape index (κ1) is 15.2. The van der Waals surface area contributed by atoms with Crippen molar-refractivity contribution >= 4 is 0 Å². The van der Waals surface area contributed by atoms with Gasteiger partial charge in [-0.3, -0.25) is 4.90 Å². The summed E-state index contributed by atoms with van der Waals surface area (Å²) in [4.78, 5) is 4.89. The average Bonchev–Trinajstić information content (AvgIpc) is 2.88. The number of unbranched alkanes of at least 4 members (excludes halogenated alkanes) is 1. The van der Waals surface area contributed by atoms with Crippen molar-refractivity contribution in [2.24, 2.45) is 0 Å². The quantitative estimate of drug-likeness (QED) is 0.674. The first-order valence-electron chi connectivity index (χ1n) is 8.06. The zero-order valence-corrected chi connectivity index (χ0v) is 12.5. The minimum Gasteiger partial charge on any atom is -0.395 e. The van der Waals surface area contributed by atoms with Gasteiger partial charge in [0.25, 0.3) is 0 Å². The number of hydrogen-bond acceptors (Lipinski definition) is 4. The Labute approximate surface area is 118 Å². The summed E-state index contributed by atoms with van der Waals surface area (Å²) >= 11 is 0. The van der Waals surface area contributed by atoms with Crippen molar-refractivity contribution in [3.8, 4) is 0 Å². The average molecular weight is 269 g/mol. The van der Waals surface area contributed by atoms with E-state index in [0.29, 0.717) is 12.6 Å². The summed E-state index contributed by atoms with van der Waals surface area (Å²) in [5.41, 5.74) is 0. The van der Waals surface area contributed by atoms with Crippen LogP contribution in [-0.2, 0) is 0 Å². The fourth-order valence-corrected chi connectivity index (χ4v) is 3.36. The van der Waals surface area contributed by atoms with Gasteiger partial charge < -0.3 is 15.3 Å². The van der Waals surface area contributed by atoms with Crippen LogP contribution >= 0.6 is 0 Å². The van der Waals surface area contributed by atoms with E-state index in [4.69, 9.17) is 0 Å². The third kappa shape index (κ3) is 5.03. The van der Waals surface area contributed by atoms with Gasteiger partial charge >= 0.3 is 0 Å². The van der Waals surface area contributed by atoms with E-state index in [1.54, 1.807) is 0 Å². The molecular weight excluding hydrogens is 238 g/mol. The third-order valence-corrected chi connectivity index (χ3v) is 4.73. The molecular formula is C15H31N3O. The summed E-state index contributed by atoms with van der Waals surface area (Å²) < 4.78 is 0. The predicted molar refractivity (Wildman–Crippen MR) is 79.4 cm³/mol. The lowest BCUT2D eigenvalue weighted by atomic mass is 10.1. The molecule has 0 aromatic rings. The molecule has 0 bridgehead atoms. The van der Waals surface area contributed by atoms with E-state index in [-0.39, 0.29) is 0 Å². The van der Waals surface area contributed by atoms with Crippen molar-refractivity contribution in [3.63, 3.8) is 0 Å². The summed E-state index contributed by atoms with van der Waals surface area (Å²) in [7, 11) is 2.21. The normalized spacial score (nSPS) is 27.2. The van der Waals surface area contributed by atoms with Gasteiger partial charge in [0.1, 0.15) is 0 Å².